The summed E-state index contributed by atoms with van der Waals surface area (Å²) in [6, 6.07) is 4.14. The smallest absolute Gasteiger partial charge is 0.213 e. The lowest BCUT2D eigenvalue weighted by molar-refractivity contribution is 0.104. The van der Waals surface area contributed by atoms with E-state index in [0.29, 0.717) is 0 Å². The molecule has 0 spiro atoms. The highest BCUT2D eigenvalue weighted by molar-refractivity contribution is 7.17. The topological polar surface area (TPSA) is 17.1 Å². The van der Waals surface area contributed by atoms with Crippen LogP contribution in [0.2, 0.25) is 0 Å². The summed E-state index contributed by atoms with van der Waals surface area (Å²) in [6.07, 6.45) is 4.87. The van der Waals surface area contributed by atoms with Crippen molar-refractivity contribution in [1.82, 2.24) is 0 Å². The first kappa shape index (κ1) is 11.2. The number of fused-ring (bicyclic) bond motifs is 1. The maximum Gasteiger partial charge on any atom is 0.213 e. The molecule has 17 heavy (non-hydrogen) atoms. The van der Waals surface area contributed by atoms with Gasteiger partial charge in [0.15, 0.2) is 0 Å². The van der Waals surface area contributed by atoms with Crippen LogP contribution < -0.4 is 0 Å². The highest BCUT2D eigenvalue weighted by atomic mass is 32.1. The maximum absolute atomic E-state index is 12.4. The van der Waals surface area contributed by atoms with Gasteiger partial charge in [0.2, 0.25) is 5.78 Å². The Morgan fingerprint density at radius 1 is 1.29 bits per heavy atom. The molecule has 0 amide bonds. The van der Waals surface area contributed by atoms with E-state index in [0.717, 1.165) is 28.2 Å². The zero-order valence-electron chi connectivity index (χ0n) is 9.79. The Morgan fingerprint density at radius 2 is 2.12 bits per heavy atom. The van der Waals surface area contributed by atoms with Crippen LogP contribution in [0.4, 0.5) is 0 Å². The van der Waals surface area contributed by atoms with Gasteiger partial charge in [-0.3, -0.25) is 4.79 Å². The van der Waals surface area contributed by atoms with Crippen LogP contribution in [0, 0.1) is 6.92 Å². The van der Waals surface area contributed by atoms with E-state index in [1.165, 1.54) is 23.3 Å². The van der Waals surface area contributed by atoms with Crippen LogP contribution in [0.5, 0.6) is 0 Å². The van der Waals surface area contributed by atoms with Crippen molar-refractivity contribution in [3.05, 3.63) is 43.3 Å². The number of carbonyl (C=O) groups excluding carboxylic acids is 1. The summed E-state index contributed by atoms with van der Waals surface area (Å²) in [5, 5.41) is 2.00. The molecule has 0 aromatic carbocycles. The Balaban J connectivity index is 1.97. The molecule has 0 N–H and O–H groups in total. The zero-order chi connectivity index (χ0) is 11.8. The van der Waals surface area contributed by atoms with Crippen molar-refractivity contribution in [2.75, 3.05) is 0 Å². The van der Waals surface area contributed by atoms with E-state index in [1.807, 2.05) is 18.4 Å². The van der Waals surface area contributed by atoms with E-state index < -0.39 is 0 Å². The number of hydrogen-bond donors (Lipinski definition) is 0. The summed E-state index contributed by atoms with van der Waals surface area (Å²) in [5.74, 6) is 0.219. The lowest BCUT2D eigenvalue weighted by atomic mass is 9.99. The van der Waals surface area contributed by atoms with Gasteiger partial charge in [-0.1, -0.05) is 0 Å². The van der Waals surface area contributed by atoms with Crippen LogP contribution in [0.25, 0.3) is 0 Å². The number of aryl methyl sites for hydroxylation is 3. The van der Waals surface area contributed by atoms with Crippen LogP contribution in [0.1, 0.15) is 43.4 Å². The Kier molecular flexibility index (Phi) is 2.89. The van der Waals surface area contributed by atoms with Crippen molar-refractivity contribution in [3.63, 3.8) is 0 Å². The number of thiophene rings is 2. The van der Waals surface area contributed by atoms with Gasteiger partial charge in [-0.05, 0) is 61.2 Å². The molecule has 0 fully saturated rings. The molecule has 0 saturated carbocycles. The molecule has 0 bridgehead atoms. The molecular formula is C14H14OS2. The van der Waals surface area contributed by atoms with Crippen LogP contribution in [-0.2, 0) is 12.8 Å². The van der Waals surface area contributed by atoms with Crippen LogP contribution in [0.15, 0.2) is 17.5 Å². The van der Waals surface area contributed by atoms with Crippen molar-refractivity contribution < 1.29 is 4.79 Å². The Bertz CT molecular complexity index is 539. The molecule has 0 atom stereocenters. The van der Waals surface area contributed by atoms with Crippen molar-refractivity contribution in [2.45, 2.75) is 32.6 Å². The molecule has 2 aromatic rings. The third-order valence-corrected chi connectivity index (χ3v) is 5.54. The summed E-state index contributed by atoms with van der Waals surface area (Å²) in [5.41, 5.74) is 2.52. The average molecular weight is 262 g/mol. The summed E-state index contributed by atoms with van der Waals surface area (Å²) >= 11 is 3.26. The van der Waals surface area contributed by atoms with Crippen LogP contribution >= 0.6 is 22.7 Å². The SMILES string of the molecule is Cc1ccsc1C(=O)c1cc2c(s1)CCCC2. The molecular weight excluding hydrogens is 248 g/mol. The van der Waals surface area contributed by atoms with Crippen molar-refractivity contribution in [3.8, 4) is 0 Å². The minimum atomic E-state index is 0.219. The maximum atomic E-state index is 12.4. The monoisotopic (exact) mass is 262 g/mol. The van der Waals surface area contributed by atoms with Gasteiger partial charge < -0.3 is 0 Å². The fourth-order valence-corrected chi connectivity index (χ4v) is 4.46. The number of rotatable bonds is 2. The van der Waals surface area contributed by atoms with Crippen LogP contribution in [0.3, 0.4) is 0 Å². The molecule has 1 aliphatic rings. The Hall–Kier alpha value is -0.930. The van der Waals surface area contributed by atoms with Crippen LogP contribution in [-0.4, -0.2) is 5.78 Å². The van der Waals surface area contributed by atoms with E-state index in [2.05, 4.69) is 6.07 Å². The van der Waals surface area contributed by atoms with E-state index in [1.54, 1.807) is 22.7 Å². The third-order valence-electron chi connectivity index (χ3n) is 3.29. The van der Waals surface area contributed by atoms with Gasteiger partial charge in [-0.25, -0.2) is 0 Å². The average Bonchev–Trinajstić information content (AvgIpc) is 2.93. The predicted octanol–water partition coefficient (Wildman–Crippen LogP) is 4.23. The van der Waals surface area contributed by atoms with Gasteiger partial charge in [-0.15, -0.1) is 22.7 Å². The first-order valence-corrected chi connectivity index (χ1v) is 7.65. The molecule has 0 radical (unpaired) electrons. The van der Waals surface area contributed by atoms with Gasteiger partial charge in [0.1, 0.15) is 0 Å². The van der Waals surface area contributed by atoms with E-state index in [9.17, 15) is 4.79 Å². The predicted molar refractivity (Wildman–Crippen MR) is 73.4 cm³/mol. The molecule has 1 nitrogen and oxygen atoms in total. The van der Waals surface area contributed by atoms with Gasteiger partial charge in [0, 0.05) is 4.88 Å². The van der Waals surface area contributed by atoms with E-state index in [4.69, 9.17) is 0 Å². The minimum absolute atomic E-state index is 0.219. The normalized spacial score (nSPS) is 14.6. The molecule has 88 valence electrons. The largest absolute Gasteiger partial charge is 0.287 e. The highest BCUT2D eigenvalue weighted by Gasteiger charge is 2.19. The molecule has 0 saturated heterocycles. The fourth-order valence-electron chi connectivity index (χ4n) is 2.32. The summed E-state index contributed by atoms with van der Waals surface area (Å²) in [7, 11) is 0. The zero-order valence-corrected chi connectivity index (χ0v) is 11.4. The fraction of sp³-hybridized carbons (Fsp3) is 0.357. The van der Waals surface area contributed by atoms with Gasteiger partial charge in [-0.2, -0.15) is 0 Å². The highest BCUT2D eigenvalue weighted by Crippen LogP contribution is 2.32. The molecule has 0 unspecified atom stereocenters. The van der Waals surface area contributed by atoms with E-state index >= 15 is 0 Å². The lowest BCUT2D eigenvalue weighted by Crippen LogP contribution is -1.97. The van der Waals surface area contributed by atoms with Gasteiger partial charge >= 0.3 is 0 Å². The van der Waals surface area contributed by atoms with Crippen molar-refractivity contribution in [1.29, 1.82) is 0 Å². The minimum Gasteiger partial charge on any atom is -0.287 e. The second-order valence-electron chi connectivity index (χ2n) is 4.53. The molecule has 0 aliphatic heterocycles. The second kappa shape index (κ2) is 4.39. The standard InChI is InChI=1S/C14H14OS2/c1-9-6-7-16-14(9)13(15)12-8-10-4-2-3-5-11(10)17-12/h6-8H,2-5H2,1H3. The second-order valence-corrected chi connectivity index (χ2v) is 6.58. The Labute approximate surface area is 109 Å². The van der Waals surface area contributed by atoms with Crippen molar-refractivity contribution in [2.24, 2.45) is 0 Å². The van der Waals surface area contributed by atoms with Gasteiger partial charge in [0.05, 0.1) is 9.75 Å². The van der Waals surface area contributed by atoms with Crippen molar-refractivity contribution >= 4 is 28.5 Å². The molecule has 2 aromatic heterocycles. The quantitative estimate of drug-likeness (QED) is 0.740. The molecule has 3 rings (SSSR count). The Morgan fingerprint density at radius 3 is 2.82 bits per heavy atom. The first-order valence-electron chi connectivity index (χ1n) is 5.96. The lowest BCUT2D eigenvalue weighted by Gasteiger charge is -2.08. The summed E-state index contributed by atoms with van der Waals surface area (Å²) < 4.78 is 0. The number of ketones is 1. The summed E-state index contributed by atoms with van der Waals surface area (Å²) in [4.78, 5) is 15.6. The third kappa shape index (κ3) is 1.98. The molecule has 1 aliphatic carbocycles. The number of hydrogen-bond acceptors (Lipinski definition) is 3. The summed E-state index contributed by atoms with van der Waals surface area (Å²) in [6.45, 7) is 2.01. The van der Waals surface area contributed by atoms with Gasteiger partial charge in [0.25, 0.3) is 0 Å². The van der Waals surface area contributed by atoms with E-state index in [-0.39, 0.29) is 5.78 Å². The first-order chi connectivity index (χ1) is 8.25. The molecule has 3 heteroatoms. The molecule has 2 heterocycles. The number of carbonyl (C=O) groups is 1.